The van der Waals surface area contributed by atoms with Gasteiger partial charge in [0.05, 0.1) is 5.69 Å². The van der Waals surface area contributed by atoms with Crippen molar-refractivity contribution in [2.45, 2.75) is 20.1 Å². The number of rotatable bonds is 5. The molecular formula is C13H13FN2O3. The van der Waals surface area contributed by atoms with E-state index in [1.165, 1.54) is 30.3 Å². The number of benzene rings is 1. The summed E-state index contributed by atoms with van der Waals surface area (Å²) in [6, 6.07) is 7.10. The van der Waals surface area contributed by atoms with E-state index in [2.05, 4.69) is 5.10 Å². The minimum absolute atomic E-state index is 0.0143. The average molecular weight is 264 g/mol. The van der Waals surface area contributed by atoms with E-state index in [0.29, 0.717) is 18.0 Å². The number of carboxylic acid groups (broad SMARTS) is 1. The van der Waals surface area contributed by atoms with Gasteiger partial charge in [0.25, 0.3) is 0 Å². The Balaban J connectivity index is 2.10. The van der Waals surface area contributed by atoms with Crippen molar-refractivity contribution in [2.24, 2.45) is 0 Å². The third kappa shape index (κ3) is 3.09. The summed E-state index contributed by atoms with van der Waals surface area (Å²) in [6.07, 6.45) is 0. The molecule has 5 nitrogen and oxygen atoms in total. The van der Waals surface area contributed by atoms with Gasteiger partial charge in [-0.2, -0.15) is 5.10 Å². The zero-order valence-corrected chi connectivity index (χ0v) is 10.3. The molecule has 0 amide bonds. The highest BCUT2D eigenvalue weighted by molar-refractivity contribution is 5.85. The number of nitrogens with zero attached hydrogens (tertiary/aromatic N) is 2. The molecule has 1 heterocycles. The number of aromatic carboxylic acids is 1. The molecule has 0 bridgehead atoms. The fourth-order valence-electron chi connectivity index (χ4n) is 1.64. The predicted octanol–water partition coefficient (Wildman–Crippen LogP) is 2.32. The SMILES string of the molecule is CCn1nc(C(=O)O)cc1COc1ccc(F)cc1. The summed E-state index contributed by atoms with van der Waals surface area (Å²) < 4.78 is 19.8. The number of hydrogen-bond donors (Lipinski definition) is 1. The van der Waals surface area contributed by atoms with Gasteiger partial charge in [0.1, 0.15) is 18.2 Å². The number of aryl methyl sites for hydroxylation is 1. The minimum Gasteiger partial charge on any atom is -0.487 e. The number of halogens is 1. The van der Waals surface area contributed by atoms with Gasteiger partial charge in [-0.25, -0.2) is 9.18 Å². The zero-order chi connectivity index (χ0) is 13.8. The quantitative estimate of drug-likeness (QED) is 0.900. The Morgan fingerprint density at radius 1 is 1.42 bits per heavy atom. The number of hydrogen-bond acceptors (Lipinski definition) is 3. The van der Waals surface area contributed by atoms with Crippen LogP contribution in [0.25, 0.3) is 0 Å². The summed E-state index contributed by atoms with van der Waals surface area (Å²) in [5, 5.41) is 12.8. The van der Waals surface area contributed by atoms with Crippen LogP contribution in [0.15, 0.2) is 30.3 Å². The first kappa shape index (κ1) is 13.1. The van der Waals surface area contributed by atoms with Crippen molar-refractivity contribution in [2.75, 3.05) is 0 Å². The van der Waals surface area contributed by atoms with Gasteiger partial charge in [-0.15, -0.1) is 0 Å². The third-order valence-electron chi connectivity index (χ3n) is 2.58. The Hall–Kier alpha value is -2.37. The number of ether oxygens (including phenoxy) is 1. The van der Waals surface area contributed by atoms with Gasteiger partial charge in [-0.1, -0.05) is 0 Å². The third-order valence-corrected chi connectivity index (χ3v) is 2.58. The van der Waals surface area contributed by atoms with E-state index >= 15 is 0 Å². The summed E-state index contributed by atoms with van der Waals surface area (Å²) in [5.41, 5.74) is 0.642. The lowest BCUT2D eigenvalue weighted by atomic mass is 10.3. The Labute approximate surface area is 109 Å². The maximum absolute atomic E-state index is 12.7. The Kier molecular flexibility index (Phi) is 3.79. The van der Waals surface area contributed by atoms with Gasteiger partial charge in [0, 0.05) is 6.54 Å². The molecule has 0 aliphatic heterocycles. The van der Waals surface area contributed by atoms with Crippen LogP contribution in [0.5, 0.6) is 5.75 Å². The van der Waals surface area contributed by atoms with Crippen molar-refractivity contribution in [1.82, 2.24) is 9.78 Å². The normalized spacial score (nSPS) is 10.4. The molecular weight excluding hydrogens is 251 g/mol. The van der Waals surface area contributed by atoms with Gasteiger partial charge >= 0.3 is 5.97 Å². The van der Waals surface area contributed by atoms with Gasteiger partial charge in [-0.05, 0) is 37.3 Å². The minimum atomic E-state index is -1.07. The van der Waals surface area contributed by atoms with Crippen LogP contribution in [-0.4, -0.2) is 20.9 Å². The summed E-state index contributed by atoms with van der Waals surface area (Å²) >= 11 is 0. The summed E-state index contributed by atoms with van der Waals surface area (Å²) in [7, 11) is 0. The van der Waals surface area contributed by atoms with E-state index in [9.17, 15) is 9.18 Å². The molecule has 0 saturated carbocycles. The molecule has 1 N–H and O–H groups in total. The molecule has 0 aliphatic rings. The van der Waals surface area contributed by atoms with Crippen LogP contribution < -0.4 is 4.74 Å². The fraction of sp³-hybridized carbons (Fsp3) is 0.231. The van der Waals surface area contributed by atoms with Crippen LogP contribution in [0, 0.1) is 5.82 Å². The van der Waals surface area contributed by atoms with Crippen LogP contribution in [0.2, 0.25) is 0 Å². The highest BCUT2D eigenvalue weighted by Gasteiger charge is 2.12. The van der Waals surface area contributed by atoms with Crippen molar-refractivity contribution >= 4 is 5.97 Å². The maximum atomic E-state index is 12.7. The zero-order valence-electron chi connectivity index (χ0n) is 10.3. The van der Waals surface area contributed by atoms with Crippen molar-refractivity contribution in [3.05, 3.63) is 47.5 Å². The second-order valence-corrected chi connectivity index (χ2v) is 3.88. The number of carbonyl (C=O) groups is 1. The molecule has 0 unspecified atom stereocenters. The van der Waals surface area contributed by atoms with Crippen LogP contribution in [0.3, 0.4) is 0 Å². The van der Waals surface area contributed by atoms with Gasteiger partial charge < -0.3 is 9.84 Å². The molecule has 0 radical (unpaired) electrons. The van der Waals surface area contributed by atoms with E-state index in [-0.39, 0.29) is 18.1 Å². The molecule has 2 aromatic rings. The van der Waals surface area contributed by atoms with E-state index < -0.39 is 5.97 Å². The molecule has 0 spiro atoms. The highest BCUT2D eigenvalue weighted by Crippen LogP contribution is 2.14. The van der Waals surface area contributed by atoms with Crippen LogP contribution in [0.4, 0.5) is 4.39 Å². The van der Waals surface area contributed by atoms with Gasteiger partial charge in [0.15, 0.2) is 5.69 Å². The van der Waals surface area contributed by atoms with Crippen LogP contribution >= 0.6 is 0 Å². The Bertz CT molecular complexity index is 578. The topological polar surface area (TPSA) is 64.4 Å². The molecule has 1 aromatic carbocycles. The standard InChI is InChI=1S/C13H13FN2O3/c1-2-16-10(7-12(15-16)13(17)18)8-19-11-5-3-9(14)4-6-11/h3-7H,2,8H2,1H3,(H,17,18). The Morgan fingerprint density at radius 3 is 2.68 bits per heavy atom. The number of carboxylic acids is 1. The molecule has 0 atom stereocenters. The lowest BCUT2D eigenvalue weighted by Crippen LogP contribution is -2.06. The summed E-state index contributed by atoms with van der Waals surface area (Å²) in [6.45, 7) is 2.59. The predicted molar refractivity (Wildman–Crippen MR) is 65.6 cm³/mol. The maximum Gasteiger partial charge on any atom is 0.356 e. The first-order valence-electron chi connectivity index (χ1n) is 5.78. The molecule has 100 valence electrons. The fourth-order valence-corrected chi connectivity index (χ4v) is 1.64. The largest absolute Gasteiger partial charge is 0.487 e. The van der Waals surface area contributed by atoms with Crippen molar-refractivity contribution in [3.8, 4) is 5.75 Å². The second-order valence-electron chi connectivity index (χ2n) is 3.88. The molecule has 0 fully saturated rings. The molecule has 0 aliphatic carbocycles. The lowest BCUT2D eigenvalue weighted by molar-refractivity contribution is 0.0689. The molecule has 2 rings (SSSR count). The average Bonchev–Trinajstić information content (AvgIpc) is 2.81. The Morgan fingerprint density at radius 2 is 2.11 bits per heavy atom. The summed E-state index contributed by atoms with van der Waals surface area (Å²) in [5.74, 6) is -0.892. The first-order chi connectivity index (χ1) is 9.10. The van der Waals surface area contributed by atoms with Gasteiger partial charge in [-0.3, -0.25) is 4.68 Å². The van der Waals surface area contributed by atoms with Crippen LogP contribution in [-0.2, 0) is 13.2 Å². The van der Waals surface area contributed by atoms with Crippen molar-refractivity contribution < 1.29 is 19.0 Å². The molecule has 0 saturated heterocycles. The van der Waals surface area contributed by atoms with Crippen molar-refractivity contribution in [1.29, 1.82) is 0 Å². The van der Waals surface area contributed by atoms with E-state index in [0.717, 1.165) is 0 Å². The van der Waals surface area contributed by atoms with E-state index in [4.69, 9.17) is 9.84 Å². The van der Waals surface area contributed by atoms with Crippen LogP contribution in [0.1, 0.15) is 23.1 Å². The monoisotopic (exact) mass is 264 g/mol. The van der Waals surface area contributed by atoms with Gasteiger partial charge in [0.2, 0.25) is 0 Å². The molecule has 6 heteroatoms. The second kappa shape index (κ2) is 5.51. The van der Waals surface area contributed by atoms with Crippen molar-refractivity contribution in [3.63, 3.8) is 0 Å². The highest BCUT2D eigenvalue weighted by atomic mass is 19.1. The number of aromatic nitrogens is 2. The van der Waals surface area contributed by atoms with E-state index in [1.807, 2.05) is 6.92 Å². The lowest BCUT2D eigenvalue weighted by Gasteiger charge is -2.07. The molecule has 19 heavy (non-hydrogen) atoms. The summed E-state index contributed by atoms with van der Waals surface area (Å²) in [4.78, 5) is 10.8. The molecule has 1 aromatic heterocycles. The van der Waals surface area contributed by atoms with E-state index in [1.54, 1.807) is 4.68 Å². The smallest absolute Gasteiger partial charge is 0.356 e. The first-order valence-corrected chi connectivity index (χ1v) is 5.78.